The molecule has 3 N–H and O–H groups in total. The van der Waals surface area contributed by atoms with Crippen LogP contribution in [-0.4, -0.2) is 12.5 Å². The van der Waals surface area contributed by atoms with Crippen LogP contribution in [0, 0.1) is 10.8 Å². The summed E-state index contributed by atoms with van der Waals surface area (Å²) in [7, 11) is 0. The molecule has 0 aliphatic heterocycles. The van der Waals surface area contributed by atoms with Crippen molar-refractivity contribution in [1.29, 1.82) is 0 Å². The highest BCUT2D eigenvalue weighted by Gasteiger charge is 2.33. The summed E-state index contributed by atoms with van der Waals surface area (Å²) < 4.78 is 0. The summed E-state index contributed by atoms with van der Waals surface area (Å²) in [6.45, 7) is 10.5. The molecule has 3 nitrogen and oxygen atoms in total. The molecule has 0 aliphatic carbocycles. The van der Waals surface area contributed by atoms with Gasteiger partial charge in [-0.25, -0.2) is 0 Å². The number of rotatable bonds is 4. The molecule has 0 radical (unpaired) electrons. The van der Waals surface area contributed by atoms with Crippen molar-refractivity contribution >= 4 is 5.91 Å². The summed E-state index contributed by atoms with van der Waals surface area (Å²) in [6, 6.07) is 10.0. The van der Waals surface area contributed by atoms with Crippen molar-refractivity contribution in [2.75, 3.05) is 6.54 Å². The van der Waals surface area contributed by atoms with Crippen LogP contribution in [0.15, 0.2) is 30.3 Å². The summed E-state index contributed by atoms with van der Waals surface area (Å²) in [5, 5.41) is 3.15. The van der Waals surface area contributed by atoms with E-state index in [-0.39, 0.29) is 17.4 Å². The van der Waals surface area contributed by atoms with E-state index < -0.39 is 5.41 Å². The van der Waals surface area contributed by atoms with Gasteiger partial charge in [-0.3, -0.25) is 4.79 Å². The molecular weight excluding hydrogens is 236 g/mol. The quantitative estimate of drug-likeness (QED) is 0.876. The Morgan fingerprint density at radius 3 is 2.11 bits per heavy atom. The van der Waals surface area contributed by atoms with E-state index >= 15 is 0 Å². The van der Waals surface area contributed by atoms with Crippen LogP contribution < -0.4 is 11.1 Å². The lowest BCUT2D eigenvalue weighted by Gasteiger charge is -2.34. The normalized spacial score (nSPS) is 14.0. The summed E-state index contributed by atoms with van der Waals surface area (Å²) in [6.07, 6.45) is 0. The van der Waals surface area contributed by atoms with E-state index in [1.807, 2.05) is 44.2 Å². The van der Waals surface area contributed by atoms with Gasteiger partial charge in [0, 0.05) is 6.54 Å². The number of benzene rings is 1. The second kappa shape index (κ2) is 5.74. The van der Waals surface area contributed by atoms with Crippen LogP contribution in [0.4, 0.5) is 0 Å². The van der Waals surface area contributed by atoms with E-state index in [9.17, 15) is 4.79 Å². The van der Waals surface area contributed by atoms with E-state index in [0.717, 1.165) is 5.56 Å². The molecule has 106 valence electrons. The summed E-state index contributed by atoms with van der Waals surface area (Å²) in [5.41, 5.74) is 6.19. The molecule has 0 aromatic heterocycles. The molecule has 1 aromatic carbocycles. The van der Waals surface area contributed by atoms with Crippen molar-refractivity contribution in [1.82, 2.24) is 5.32 Å². The first kappa shape index (κ1) is 15.7. The third-order valence-electron chi connectivity index (χ3n) is 3.40. The minimum Gasteiger partial charge on any atom is -0.348 e. The SMILES string of the molecule is CC(C)(CN)C(=O)NC(c1ccccc1)C(C)(C)C. The molecule has 0 spiro atoms. The Morgan fingerprint density at radius 1 is 1.16 bits per heavy atom. The van der Waals surface area contributed by atoms with Gasteiger partial charge < -0.3 is 11.1 Å². The first-order valence-electron chi connectivity index (χ1n) is 6.74. The smallest absolute Gasteiger partial charge is 0.227 e. The number of nitrogens with two attached hydrogens (primary N) is 1. The van der Waals surface area contributed by atoms with Crippen LogP contribution in [-0.2, 0) is 4.79 Å². The maximum atomic E-state index is 12.3. The molecule has 1 unspecified atom stereocenters. The van der Waals surface area contributed by atoms with Crippen LogP contribution in [0.5, 0.6) is 0 Å². The summed E-state index contributed by atoms with van der Waals surface area (Å²) >= 11 is 0. The van der Waals surface area contributed by atoms with Crippen molar-refractivity contribution < 1.29 is 4.79 Å². The molecule has 1 aromatic rings. The van der Waals surface area contributed by atoms with Gasteiger partial charge in [0.2, 0.25) is 5.91 Å². The standard InChI is InChI=1S/C16H26N2O/c1-15(2,3)13(12-9-7-6-8-10-12)18-14(19)16(4,5)11-17/h6-10,13H,11,17H2,1-5H3,(H,18,19). The van der Waals surface area contributed by atoms with Gasteiger partial charge >= 0.3 is 0 Å². The van der Waals surface area contributed by atoms with Gasteiger partial charge in [-0.2, -0.15) is 0 Å². The van der Waals surface area contributed by atoms with Gasteiger partial charge in [-0.15, -0.1) is 0 Å². The minimum absolute atomic E-state index is 0.00113. The highest BCUT2D eigenvalue weighted by atomic mass is 16.2. The van der Waals surface area contributed by atoms with E-state index in [4.69, 9.17) is 5.73 Å². The van der Waals surface area contributed by atoms with E-state index in [1.165, 1.54) is 0 Å². The van der Waals surface area contributed by atoms with Gasteiger partial charge in [-0.1, -0.05) is 51.1 Å². The van der Waals surface area contributed by atoms with E-state index in [1.54, 1.807) is 0 Å². The minimum atomic E-state index is -0.543. The lowest BCUT2D eigenvalue weighted by atomic mass is 9.81. The molecule has 1 rings (SSSR count). The molecule has 1 amide bonds. The summed E-state index contributed by atoms with van der Waals surface area (Å²) in [4.78, 5) is 12.3. The van der Waals surface area contributed by atoms with E-state index in [2.05, 4.69) is 26.1 Å². The summed E-state index contributed by atoms with van der Waals surface area (Å²) in [5.74, 6) is -0.00113. The van der Waals surface area contributed by atoms with Crippen LogP contribution in [0.25, 0.3) is 0 Å². The van der Waals surface area contributed by atoms with Crippen molar-refractivity contribution in [3.8, 4) is 0 Å². The highest BCUT2D eigenvalue weighted by molar-refractivity contribution is 5.82. The van der Waals surface area contributed by atoms with Crippen LogP contribution in [0.2, 0.25) is 0 Å². The number of carbonyl (C=O) groups is 1. The number of nitrogens with one attached hydrogen (secondary N) is 1. The monoisotopic (exact) mass is 262 g/mol. The Bertz CT molecular complexity index is 418. The third-order valence-corrected chi connectivity index (χ3v) is 3.40. The zero-order chi connectivity index (χ0) is 14.7. The molecule has 19 heavy (non-hydrogen) atoms. The van der Waals surface area contributed by atoms with Gasteiger partial charge in [0.05, 0.1) is 11.5 Å². The molecule has 0 saturated carbocycles. The second-order valence-electron chi connectivity index (χ2n) is 6.77. The fraction of sp³-hybridized carbons (Fsp3) is 0.562. The Balaban J connectivity index is 2.99. The largest absolute Gasteiger partial charge is 0.348 e. The van der Waals surface area contributed by atoms with Crippen LogP contribution >= 0.6 is 0 Å². The topological polar surface area (TPSA) is 55.1 Å². The fourth-order valence-electron chi connectivity index (χ4n) is 1.86. The molecule has 0 fully saturated rings. The number of hydrogen-bond acceptors (Lipinski definition) is 2. The second-order valence-corrected chi connectivity index (χ2v) is 6.77. The van der Waals surface area contributed by atoms with E-state index in [0.29, 0.717) is 6.54 Å². The first-order chi connectivity index (χ1) is 8.68. The lowest BCUT2D eigenvalue weighted by molar-refractivity contribution is -0.130. The molecule has 0 aliphatic rings. The van der Waals surface area contributed by atoms with Gasteiger partial charge in [0.1, 0.15) is 0 Å². The fourth-order valence-corrected chi connectivity index (χ4v) is 1.86. The molecule has 1 atom stereocenters. The maximum Gasteiger partial charge on any atom is 0.227 e. The molecule has 0 heterocycles. The van der Waals surface area contributed by atoms with Gasteiger partial charge in [-0.05, 0) is 24.8 Å². The molecular formula is C16H26N2O. The number of amides is 1. The Labute approximate surface area is 116 Å². The highest BCUT2D eigenvalue weighted by Crippen LogP contribution is 2.33. The van der Waals surface area contributed by atoms with Crippen molar-refractivity contribution in [3.05, 3.63) is 35.9 Å². The Kier molecular flexibility index (Phi) is 4.75. The first-order valence-corrected chi connectivity index (χ1v) is 6.74. The van der Waals surface area contributed by atoms with Crippen LogP contribution in [0.3, 0.4) is 0 Å². The molecule has 0 saturated heterocycles. The predicted octanol–water partition coefficient (Wildman–Crippen LogP) is 2.87. The zero-order valence-electron chi connectivity index (χ0n) is 12.7. The maximum absolute atomic E-state index is 12.3. The number of carbonyl (C=O) groups excluding carboxylic acids is 1. The number of hydrogen-bond donors (Lipinski definition) is 2. The lowest BCUT2D eigenvalue weighted by Crippen LogP contribution is -2.46. The Hall–Kier alpha value is -1.35. The van der Waals surface area contributed by atoms with Crippen molar-refractivity contribution in [3.63, 3.8) is 0 Å². The van der Waals surface area contributed by atoms with Gasteiger partial charge in [0.15, 0.2) is 0 Å². The average Bonchev–Trinajstić information content (AvgIpc) is 2.35. The average molecular weight is 262 g/mol. The predicted molar refractivity (Wildman–Crippen MR) is 79.6 cm³/mol. The van der Waals surface area contributed by atoms with Gasteiger partial charge in [0.25, 0.3) is 0 Å². The van der Waals surface area contributed by atoms with Crippen LogP contribution in [0.1, 0.15) is 46.2 Å². The Morgan fingerprint density at radius 2 is 1.68 bits per heavy atom. The third kappa shape index (κ3) is 4.06. The van der Waals surface area contributed by atoms with Crippen molar-refractivity contribution in [2.24, 2.45) is 16.6 Å². The molecule has 0 bridgehead atoms. The zero-order valence-corrected chi connectivity index (χ0v) is 12.7. The van der Waals surface area contributed by atoms with Crippen molar-refractivity contribution in [2.45, 2.75) is 40.7 Å². The molecule has 3 heteroatoms.